The third-order valence-corrected chi connectivity index (χ3v) is 9.25. The lowest BCUT2D eigenvalue weighted by Crippen LogP contribution is -2.61. The molecular formula is C38H50N6O17. The highest BCUT2D eigenvalue weighted by molar-refractivity contribution is 6.12. The van der Waals surface area contributed by atoms with Gasteiger partial charge in [0.1, 0.15) is 37.1 Å². The Labute approximate surface area is 348 Å². The van der Waals surface area contributed by atoms with Gasteiger partial charge in [-0.2, -0.15) is 0 Å². The second-order valence-electron chi connectivity index (χ2n) is 15.1. The normalized spacial score (nSPS) is 21.3. The molecule has 0 radical (unpaired) electrons. The smallest absolute Gasteiger partial charge is 0.338 e. The number of nitro benzene ring substituents is 1. The highest BCUT2D eigenvalue weighted by atomic mass is 16.7. The van der Waals surface area contributed by atoms with E-state index in [-0.39, 0.29) is 61.0 Å². The number of nitrogens with one attached hydrogen (secondary N) is 1. The molecule has 0 spiro atoms. The molecule has 23 heteroatoms. The molecule has 1 saturated heterocycles. The van der Waals surface area contributed by atoms with Crippen molar-refractivity contribution in [2.75, 3.05) is 13.1 Å². The summed E-state index contributed by atoms with van der Waals surface area (Å²) in [5.41, 5.74) is -1.87. The van der Waals surface area contributed by atoms with E-state index in [1.807, 2.05) is 0 Å². The van der Waals surface area contributed by atoms with Crippen LogP contribution < -0.4 is 10.1 Å². The van der Waals surface area contributed by atoms with Gasteiger partial charge in [-0.05, 0) is 59.1 Å². The molecule has 7 atom stereocenters. The fourth-order valence-corrected chi connectivity index (χ4v) is 6.31. The number of aliphatic carboxylic acids is 1. The molecule has 2 aromatic rings. The minimum atomic E-state index is -2.03. The van der Waals surface area contributed by atoms with Crippen molar-refractivity contribution in [3.8, 4) is 5.75 Å². The summed E-state index contributed by atoms with van der Waals surface area (Å²) in [5.74, 6) is -4.87. The summed E-state index contributed by atoms with van der Waals surface area (Å²) in [6.45, 7) is 7.84. The summed E-state index contributed by atoms with van der Waals surface area (Å²) in [5, 5.41) is 62.8. The molecule has 0 bridgehead atoms. The number of ether oxygens (including phenoxy) is 5. The van der Waals surface area contributed by atoms with E-state index in [0.29, 0.717) is 19.3 Å². The highest BCUT2D eigenvalue weighted by Gasteiger charge is 2.48. The maximum atomic E-state index is 13.4. The van der Waals surface area contributed by atoms with Gasteiger partial charge in [0.25, 0.3) is 11.8 Å². The lowest BCUT2D eigenvalue weighted by molar-refractivity contribution is -0.387. The molecule has 5 N–H and O–H groups in total. The zero-order valence-electron chi connectivity index (χ0n) is 34.1. The fraction of sp³-hybridized carbons (Fsp3) is 0.579. The van der Waals surface area contributed by atoms with Crippen molar-refractivity contribution in [1.29, 1.82) is 0 Å². The third kappa shape index (κ3) is 13.3. The molecule has 23 nitrogen and oxygen atoms in total. The highest BCUT2D eigenvalue weighted by Crippen LogP contribution is 2.36. The number of carboxylic acid groups (broad SMARTS) is 1. The summed E-state index contributed by atoms with van der Waals surface area (Å²) in [6, 6.07) is 3.41. The SMILES string of the molecule is CC(C)OC(C)(C)C(=O)O[C@H](Cc1cn(CC(C)OC(=O)CNC(=O)CCCCCN2C(=O)C=CC2=O)nn1)c1ccc(OC2OC(C(=O)O)C(O)C(O)C2O)c([N+](=O)[O-])c1. The van der Waals surface area contributed by atoms with Gasteiger partial charge in [0.05, 0.1) is 23.3 Å². The number of amides is 3. The van der Waals surface area contributed by atoms with Gasteiger partial charge in [0.15, 0.2) is 17.5 Å². The summed E-state index contributed by atoms with van der Waals surface area (Å²) in [4.78, 5) is 85.4. The topological polar surface area (TPSA) is 319 Å². The van der Waals surface area contributed by atoms with Gasteiger partial charge in [-0.15, -0.1) is 5.10 Å². The molecule has 0 saturated carbocycles. The number of aliphatic hydroxyl groups excluding tert-OH is 3. The second kappa shape index (κ2) is 21.1. The number of rotatable bonds is 22. The standard InChI is InChI=1S/C38H50N6O17/c1-20(2)61-38(4,5)37(54)59-26(22-10-11-25(24(15-22)44(55)56)58-36-33(51)31(49)32(50)34(60-36)35(52)53)16-23-19-42(41-40-23)18-21(3)57-30(48)17-39-27(45)9-7-6-8-14-43-28(46)12-13-29(43)47/h10-13,15,19-21,26,31-34,36,49-51H,6-9,14,16-18H2,1-5H3,(H,39,45)(H,52,53)/t21?,26-,31?,32?,33?,34?,36?/m1/s1. The van der Waals surface area contributed by atoms with Gasteiger partial charge in [0.2, 0.25) is 12.2 Å². The minimum Gasteiger partial charge on any atom is -0.479 e. The Balaban J connectivity index is 1.39. The predicted molar refractivity (Wildman–Crippen MR) is 204 cm³/mol. The first-order valence-corrected chi connectivity index (χ1v) is 19.3. The number of unbranched alkanes of at least 4 members (excludes halogenated alkanes) is 2. The van der Waals surface area contributed by atoms with Gasteiger partial charge in [-0.25, -0.2) is 14.3 Å². The second-order valence-corrected chi connectivity index (χ2v) is 15.1. The summed E-state index contributed by atoms with van der Waals surface area (Å²) < 4.78 is 28.9. The Morgan fingerprint density at radius 1 is 1.00 bits per heavy atom. The van der Waals surface area contributed by atoms with Crippen LogP contribution in [-0.2, 0) is 60.7 Å². The molecule has 6 unspecified atom stereocenters. The van der Waals surface area contributed by atoms with Crippen LogP contribution in [-0.4, -0.2) is 142 Å². The molecule has 0 aliphatic carbocycles. The van der Waals surface area contributed by atoms with Gasteiger partial charge in [-0.3, -0.25) is 34.2 Å². The van der Waals surface area contributed by atoms with Crippen LogP contribution in [0.4, 0.5) is 5.69 Å². The molecule has 1 aromatic carbocycles. The van der Waals surface area contributed by atoms with Crippen molar-refractivity contribution in [2.24, 2.45) is 0 Å². The average molecular weight is 863 g/mol. The summed E-state index contributed by atoms with van der Waals surface area (Å²) >= 11 is 0. The number of nitrogens with zero attached hydrogens (tertiary/aromatic N) is 5. The molecule has 3 heterocycles. The van der Waals surface area contributed by atoms with E-state index in [1.165, 1.54) is 42.9 Å². The minimum absolute atomic E-state index is 0.0189. The number of carbonyl (C=O) groups is 6. The molecule has 4 rings (SSSR count). The molecule has 2 aliphatic heterocycles. The average Bonchev–Trinajstić information content (AvgIpc) is 3.76. The van der Waals surface area contributed by atoms with Gasteiger partial charge in [-0.1, -0.05) is 17.7 Å². The molecule has 61 heavy (non-hydrogen) atoms. The number of esters is 2. The van der Waals surface area contributed by atoms with Crippen LogP contribution in [0.3, 0.4) is 0 Å². The largest absolute Gasteiger partial charge is 0.479 e. The van der Waals surface area contributed by atoms with Crippen LogP contribution in [0.2, 0.25) is 0 Å². The lowest BCUT2D eigenvalue weighted by atomic mass is 9.99. The van der Waals surface area contributed by atoms with E-state index in [0.717, 1.165) is 17.0 Å². The Bertz CT molecular complexity index is 1950. The number of aromatic nitrogens is 3. The predicted octanol–water partition coefficient (Wildman–Crippen LogP) is 0.0212. The number of nitro groups is 1. The number of benzene rings is 1. The van der Waals surface area contributed by atoms with Crippen LogP contribution in [0.15, 0.2) is 36.5 Å². The van der Waals surface area contributed by atoms with Crippen molar-refractivity contribution < 1.29 is 77.8 Å². The molecular weight excluding hydrogens is 812 g/mol. The molecule has 1 aromatic heterocycles. The molecule has 2 aliphatic rings. The number of hydrogen-bond donors (Lipinski definition) is 5. The Morgan fingerprint density at radius 2 is 1.69 bits per heavy atom. The Kier molecular flexibility index (Phi) is 16.5. The van der Waals surface area contributed by atoms with Crippen LogP contribution in [0.25, 0.3) is 0 Å². The maximum Gasteiger partial charge on any atom is 0.338 e. The zero-order valence-corrected chi connectivity index (χ0v) is 34.1. The van der Waals surface area contributed by atoms with Gasteiger partial charge >= 0.3 is 23.6 Å². The first kappa shape index (κ1) is 47.8. The van der Waals surface area contributed by atoms with E-state index in [4.69, 9.17) is 23.7 Å². The van der Waals surface area contributed by atoms with E-state index in [9.17, 15) is 59.3 Å². The number of carboxylic acids is 1. The molecule has 3 amide bonds. The number of hydrogen-bond acceptors (Lipinski definition) is 18. The van der Waals surface area contributed by atoms with Crippen molar-refractivity contribution >= 4 is 41.3 Å². The lowest BCUT2D eigenvalue weighted by Gasteiger charge is -2.38. The number of aliphatic hydroxyl groups is 3. The fourth-order valence-electron chi connectivity index (χ4n) is 6.31. The van der Waals surface area contributed by atoms with Crippen LogP contribution in [0, 0.1) is 10.1 Å². The molecule has 1 fully saturated rings. The van der Waals surface area contributed by atoms with Crippen LogP contribution in [0.1, 0.15) is 77.7 Å². The quantitative estimate of drug-likeness (QED) is 0.0342. The van der Waals surface area contributed by atoms with Gasteiger partial charge in [0, 0.05) is 43.8 Å². The third-order valence-electron chi connectivity index (χ3n) is 9.25. The van der Waals surface area contributed by atoms with Gasteiger partial charge < -0.3 is 49.4 Å². The summed E-state index contributed by atoms with van der Waals surface area (Å²) in [7, 11) is 0. The van der Waals surface area contributed by atoms with E-state index >= 15 is 0 Å². The van der Waals surface area contributed by atoms with Crippen molar-refractivity contribution in [1.82, 2.24) is 25.2 Å². The Morgan fingerprint density at radius 3 is 2.33 bits per heavy atom. The zero-order chi connectivity index (χ0) is 45.2. The summed E-state index contributed by atoms with van der Waals surface area (Å²) in [6.07, 6.45) is -7.00. The van der Waals surface area contributed by atoms with E-state index < -0.39 is 89.3 Å². The number of imide groups is 1. The monoisotopic (exact) mass is 862 g/mol. The maximum absolute atomic E-state index is 13.4. The van der Waals surface area contributed by atoms with E-state index in [2.05, 4.69) is 15.6 Å². The first-order chi connectivity index (χ1) is 28.7. The van der Waals surface area contributed by atoms with Crippen molar-refractivity contribution in [2.45, 2.75) is 128 Å². The first-order valence-electron chi connectivity index (χ1n) is 19.3. The van der Waals surface area contributed by atoms with E-state index in [1.54, 1.807) is 20.8 Å². The Hall–Kier alpha value is -5.88. The van der Waals surface area contributed by atoms with Crippen LogP contribution >= 0.6 is 0 Å². The molecule has 334 valence electrons. The van der Waals surface area contributed by atoms with Crippen molar-refractivity contribution in [3.05, 3.63) is 57.9 Å². The van der Waals surface area contributed by atoms with Crippen LogP contribution in [0.5, 0.6) is 5.75 Å². The number of carbonyl (C=O) groups excluding carboxylic acids is 5. The van der Waals surface area contributed by atoms with Crippen molar-refractivity contribution in [3.63, 3.8) is 0 Å².